The Hall–Kier alpha value is -3.63. The highest BCUT2D eigenvalue weighted by Gasteiger charge is 2.17. The van der Waals surface area contributed by atoms with Crippen LogP contribution in [0, 0.1) is 0 Å². The smallest absolute Gasteiger partial charge is 0.163 e. The van der Waals surface area contributed by atoms with E-state index in [-0.39, 0.29) is 0 Å². The van der Waals surface area contributed by atoms with Crippen molar-refractivity contribution in [2.45, 2.75) is 20.0 Å². The first kappa shape index (κ1) is 20.3. The van der Waals surface area contributed by atoms with Gasteiger partial charge in [0.2, 0.25) is 0 Å². The molecule has 0 spiro atoms. The van der Waals surface area contributed by atoms with Gasteiger partial charge in [-0.15, -0.1) is 0 Å². The van der Waals surface area contributed by atoms with Crippen molar-refractivity contribution in [1.82, 2.24) is 14.6 Å². The van der Waals surface area contributed by atoms with E-state index in [0.717, 1.165) is 51.5 Å². The molecule has 0 bridgehead atoms. The summed E-state index contributed by atoms with van der Waals surface area (Å²) in [7, 11) is 0. The molecule has 0 radical (unpaired) electrons. The lowest BCUT2D eigenvalue weighted by molar-refractivity contribution is 0.306. The molecule has 3 aromatic carbocycles. The molecule has 5 aromatic rings. The molecule has 5 rings (SSSR count). The Morgan fingerprint density at radius 3 is 2.44 bits per heavy atom. The van der Waals surface area contributed by atoms with Gasteiger partial charge in [0.25, 0.3) is 0 Å². The number of benzene rings is 3. The second-order valence-electron chi connectivity index (χ2n) is 7.55. The summed E-state index contributed by atoms with van der Waals surface area (Å²) >= 11 is 6.26. The van der Waals surface area contributed by atoms with Gasteiger partial charge in [0.05, 0.1) is 11.4 Å². The Labute approximate surface area is 192 Å². The zero-order valence-corrected chi connectivity index (χ0v) is 18.5. The lowest BCUT2D eigenvalue weighted by Crippen LogP contribution is -1.97. The Bertz CT molecular complexity index is 1360. The molecule has 0 fully saturated rings. The molecule has 32 heavy (non-hydrogen) atoms. The van der Waals surface area contributed by atoms with E-state index in [0.29, 0.717) is 11.6 Å². The molecule has 0 aliphatic rings. The van der Waals surface area contributed by atoms with Gasteiger partial charge in [0.15, 0.2) is 5.65 Å². The largest absolute Gasteiger partial charge is 0.489 e. The third-order valence-corrected chi connectivity index (χ3v) is 5.67. The van der Waals surface area contributed by atoms with E-state index in [1.54, 1.807) is 0 Å². The topological polar surface area (TPSA) is 39.4 Å². The van der Waals surface area contributed by atoms with Crippen molar-refractivity contribution in [1.29, 1.82) is 0 Å². The maximum atomic E-state index is 6.26. The minimum Gasteiger partial charge on any atom is -0.489 e. The molecular formula is C27H22ClN3O. The minimum absolute atomic E-state index is 0.543. The predicted octanol–water partition coefficient (Wildman–Crippen LogP) is 6.86. The first-order valence-corrected chi connectivity index (χ1v) is 11.0. The molecular weight excluding hydrogens is 418 g/mol. The van der Waals surface area contributed by atoms with Crippen molar-refractivity contribution < 1.29 is 4.74 Å². The van der Waals surface area contributed by atoms with Crippen LogP contribution in [0.2, 0.25) is 5.02 Å². The zero-order valence-electron chi connectivity index (χ0n) is 17.7. The summed E-state index contributed by atoms with van der Waals surface area (Å²) in [5, 5.41) is 5.59. The van der Waals surface area contributed by atoms with Crippen LogP contribution in [0.1, 0.15) is 18.2 Å². The maximum Gasteiger partial charge on any atom is 0.163 e. The molecule has 0 saturated heterocycles. The van der Waals surface area contributed by atoms with E-state index >= 15 is 0 Å². The first-order chi connectivity index (χ1) is 15.7. The van der Waals surface area contributed by atoms with Crippen molar-refractivity contribution in [3.63, 3.8) is 0 Å². The van der Waals surface area contributed by atoms with Crippen LogP contribution in [0.15, 0.2) is 91.1 Å². The van der Waals surface area contributed by atoms with Gasteiger partial charge in [-0.25, -0.2) is 9.50 Å². The highest BCUT2D eigenvalue weighted by molar-refractivity contribution is 6.30. The Balaban J connectivity index is 1.49. The highest BCUT2D eigenvalue weighted by atomic mass is 35.5. The number of ether oxygens (including phenoxy) is 1. The fraction of sp³-hybridized carbons (Fsp3) is 0.111. The van der Waals surface area contributed by atoms with Crippen LogP contribution in [0.25, 0.3) is 28.0 Å². The van der Waals surface area contributed by atoms with Crippen LogP contribution in [0.5, 0.6) is 5.75 Å². The number of fused-ring (bicyclic) bond motifs is 1. The van der Waals surface area contributed by atoms with Crippen LogP contribution in [-0.2, 0) is 13.0 Å². The van der Waals surface area contributed by atoms with E-state index in [9.17, 15) is 0 Å². The molecule has 0 N–H and O–H groups in total. The molecule has 158 valence electrons. The normalized spacial score (nSPS) is 11.1. The zero-order chi connectivity index (χ0) is 21.9. The molecule has 0 atom stereocenters. The average molecular weight is 440 g/mol. The molecule has 4 nitrogen and oxygen atoms in total. The average Bonchev–Trinajstić information content (AvgIpc) is 3.23. The summed E-state index contributed by atoms with van der Waals surface area (Å²) in [5.41, 5.74) is 7.05. The molecule has 2 heterocycles. The van der Waals surface area contributed by atoms with Crippen LogP contribution < -0.4 is 4.74 Å². The number of halogens is 1. The fourth-order valence-electron chi connectivity index (χ4n) is 3.86. The summed E-state index contributed by atoms with van der Waals surface area (Å²) in [5.74, 6) is 0.831. The number of rotatable bonds is 6. The van der Waals surface area contributed by atoms with Crippen molar-refractivity contribution >= 4 is 17.2 Å². The SMILES string of the molecule is CCc1nn2c(-c3ccc(OCc4ccccc4)cc3)ccnc2c1-c1cccc(Cl)c1. The van der Waals surface area contributed by atoms with E-state index in [1.807, 2.05) is 65.3 Å². The third-order valence-electron chi connectivity index (χ3n) is 5.44. The van der Waals surface area contributed by atoms with Crippen LogP contribution in [0.3, 0.4) is 0 Å². The summed E-state index contributed by atoms with van der Waals surface area (Å²) in [4.78, 5) is 4.66. The Morgan fingerprint density at radius 2 is 1.69 bits per heavy atom. The Morgan fingerprint density at radius 1 is 0.875 bits per heavy atom. The number of aryl methyl sites for hydroxylation is 1. The molecule has 0 aliphatic heterocycles. The number of aromatic nitrogens is 3. The predicted molar refractivity (Wildman–Crippen MR) is 129 cm³/mol. The van der Waals surface area contributed by atoms with Crippen LogP contribution >= 0.6 is 11.6 Å². The van der Waals surface area contributed by atoms with Crippen LogP contribution in [0.4, 0.5) is 0 Å². The first-order valence-electron chi connectivity index (χ1n) is 10.6. The molecule has 0 saturated carbocycles. The van der Waals surface area contributed by atoms with E-state index in [4.69, 9.17) is 21.4 Å². The van der Waals surface area contributed by atoms with E-state index in [2.05, 4.69) is 42.2 Å². The van der Waals surface area contributed by atoms with Gasteiger partial charge in [-0.1, -0.05) is 61.0 Å². The summed E-state index contributed by atoms with van der Waals surface area (Å²) in [6.07, 6.45) is 2.64. The fourth-order valence-corrected chi connectivity index (χ4v) is 4.05. The summed E-state index contributed by atoms with van der Waals surface area (Å²) < 4.78 is 7.86. The monoisotopic (exact) mass is 439 g/mol. The van der Waals surface area contributed by atoms with Crippen molar-refractivity contribution in [2.75, 3.05) is 0 Å². The molecule has 0 unspecified atom stereocenters. The summed E-state index contributed by atoms with van der Waals surface area (Å²) in [6, 6.07) is 28.1. The van der Waals surface area contributed by atoms with E-state index in [1.165, 1.54) is 0 Å². The second-order valence-corrected chi connectivity index (χ2v) is 7.99. The maximum absolute atomic E-state index is 6.26. The number of nitrogens with zero attached hydrogens (tertiary/aromatic N) is 3. The van der Waals surface area contributed by atoms with Crippen molar-refractivity contribution in [3.8, 4) is 28.1 Å². The Kier molecular flexibility index (Phi) is 5.61. The molecule has 0 aliphatic carbocycles. The van der Waals surface area contributed by atoms with Crippen molar-refractivity contribution in [3.05, 3.63) is 107 Å². The van der Waals surface area contributed by atoms with Gasteiger partial charge in [0, 0.05) is 22.3 Å². The van der Waals surface area contributed by atoms with E-state index < -0.39 is 0 Å². The molecule has 2 aromatic heterocycles. The minimum atomic E-state index is 0.543. The lowest BCUT2D eigenvalue weighted by atomic mass is 10.0. The van der Waals surface area contributed by atoms with Gasteiger partial charge in [-0.3, -0.25) is 0 Å². The number of hydrogen-bond acceptors (Lipinski definition) is 3. The van der Waals surface area contributed by atoms with Gasteiger partial charge in [-0.05, 0) is 60.0 Å². The van der Waals surface area contributed by atoms with Gasteiger partial charge >= 0.3 is 0 Å². The quantitative estimate of drug-likeness (QED) is 0.290. The third kappa shape index (κ3) is 3.97. The van der Waals surface area contributed by atoms with Gasteiger partial charge in [-0.2, -0.15) is 5.10 Å². The summed E-state index contributed by atoms with van der Waals surface area (Å²) in [6.45, 7) is 2.65. The van der Waals surface area contributed by atoms with Gasteiger partial charge in [0.1, 0.15) is 12.4 Å². The second kappa shape index (κ2) is 8.85. The van der Waals surface area contributed by atoms with Gasteiger partial charge < -0.3 is 4.74 Å². The molecule has 5 heteroatoms. The van der Waals surface area contributed by atoms with Crippen molar-refractivity contribution in [2.24, 2.45) is 0 Å². The van der Waals surface area contributed by atoms with Crippen LogP contribution in [-0.4, -0.2) is 14.6 Å². The number of hydrogen-bond donors (Lipinski definition) is 0. The molecule has 0 amide bonds. The lowest BCUT2D eigenvalue weighted by Gasteiger charge is -2.09. The highest BCUT2D eigenvalue weighted by Crippen LogP contribution is 2.32. The standard InChI is InChI=1S/C27H22ClN3O/c1-2-24-26(21-9-6-10-22(28)17-21)27-29-16-15-25(31(27)30-24)20-11-13-23(14-12-20)32-18-19-7-4-3-5-8-19/h3-17H,2,18H2,1H3.